The van der Waals surface area contributed by atoms with Gasteiger partial charge in [0.1, 0.15) is 6.61 Å². The van der Waals surface area contributed by atoms with Gasteiger partial charge < -0.3 is 19.8 Å². The van der Waals surface area contributed by atoms with Crippen molar-refractivity contribution in [1.82, 2.24) is 10.3 Å². The number of fused-ring (bicyclic) bond motifs is 2. The van der Waals surface area contributed by atoms with Crippen LogP contribution in [0.3, 0.4) is 0 Å². The molecule has 0 unspecified atom stereocenters. The second kappa shape index (κ2) is 7.64. The number of carbonyl (C=O) groups excluding carboxylic acids is 1. The molecule has 1 aliphatic rings. The number of carbonyl (C=O) groups is 1. The summed E-state index contributed by atoms with van der Waals surface area (Å²) in [6, 6.07) is 19.8. The molecule has 0 bridgehead atoms. The van der Waals surface area contributed by atoms with Gasteiger partial charge in [-0.2, -0.15) is 0 Å². The lowest BCUT2D eigenvalue weighted by Crippen LogP contribution is -2.45. The smallest absolute Gasteiger partial charge is 0.264 e. The molecule has 5 nitrogen and oxygen atoms in total. The van der Waals surface area contributed by atoms with E-state index in [9.17, 15) is 4.79 Å². The topological polar surface area (TPSA) is 63.4 Å². The lowest BCUT2D eigenvalue weighted by molar-refractivity contribution is -0.130. The van der Waals surface area contributed by atoms with E-state index in [1.807, 2.05) is 48.7 Å². The van der Waals surface area contributed by atoms with Crippen molar-refractivity contribution in [2.45, 2.75) is 12.0 Å². The Balaban J connectivity index is 1.35. The largest absolute Gasteiger partial charge is 0.485 e. The third kappa shape index (κ3) is 3.47. The molecule has 0 saturated heterocycles. The SMILES string of the molecule is O=C(NC[C@@H](c1cccs1)c1c[nH]c2ccccc12)[C@H]1COc2ccccc2O1. The predicted octanol–water partition coefficient (Wildman–Crippen LogP) is 4.32. The van der Waals surface area contributed by atoms with Gasteiger partial charge in [-0.15, -0.1) is 11.3 Å². The first kappa shape index (κ1) is 17.8. The van der Waals surface area contributed by atoms with Crippen molar-refractivity contribution in [2.24, 2.45) is 0 Å². The lowest BCUT2D eigenvalue weighted by Gasteiger charge is -2.26. The minimum atomic E-state index is -0.656. The Bertz CT molecular complexity index is 1140. The second-order valence-corrected chi connectivity index (χ2v) is 7.95. The molecule has 0 fully saturated rings. The molecule has 3 heterocycles. The summed E-state index contributed by atoms with van der Waals surface area (Å²) in [5.41, 5.74) is 2.27. The van der Waals surface area contributed by atoms with Crippen LogP contribution in [0.1, 0.15) is 16.4 Å². The minimum Gasteiger partial charge on any atom is -0.485 e. The Hall–Kier alpha value is -3.25. The average Bonchev–Trinajstić information content (AvgIpc) is 3.44. The normalized spacial score (nSPS) is 16.5. The number of rotatable bonds is 5. The van der Waals surface area contributed by atoms with Crippen molar-refractivity contribution in [1.29, 1.82) is 0 Å². The number of hydrogen-bond donors (Lipinski definition) is 2. The summed E-state index contributed by atoms with van der Waals surface area (Å²) in [6.45, 7) is 0.697. The van der Waals surface area contributed by atoms with E-state index in [-0.39, 0.29) is 18.4 Å². The highest BCUT2D eigenvalue weighted by Gasteiger charge is 2.28. The molecular formula is C23H20N2O3S. The third-order valence-corrected chi connectivity index (χ3v) is 6.15. The number of benzene rings is 2. The molecule has 0 saturated carbocycles. The monoisotopic (exact) mass is 404 g/mol. The van der Waals surface area contributed by atoms with Gasteiger partial charge in [0.15, 0.2) is 11.5 Å². The summed E-state index contributed by atoms with van der Waals surface area (Å²) in [5.74, 6) is 1.17. The molecule has 4 aromatic rings. The molecule has 0 spiro atoms. The number of para-hydroxylation sites is 3. The van der Waals surface area contributed by atoms with Gasteiger partial charge in [-0.05, 0) is 35.2 Å². The van der Waals surface area contributed by atoms with Gasteiger partial charge in [0.05, 0.1) is 0 Å². The number of H-pyrrole nitrogens is 1. The third-order valence-electron chi connectivity index (χ3n) is 5.16. The molecule has 2 N–H and O–H groups in total. The summed E-state index contributed by atoms with van der Waals surface area (Å²) >= 11 is 1.69. The van der Waals surface area contributed by atoms with Crippen LogP contribution in [0.4, 0.5) is 0 Å². The summed E-state index contributed by atoms with van der Waals surface area (Å²) in [6.07, 6.45) is 1.38. The van der Waals surface area contributed by atoms with E-state index in [0.29, 0.717) is 18.0 Å². The van der Waals surface area contributed by atoms with Crippen LogP contribution in [-0.4, -0.2) is 30.1 Å². The van der Waals surface area contributed by atoms with Crippen LogP contribution in [0.25, 0.3) is 10.9 Å². The van der Waals surface area contributed by atoms with Gasteiger partial charge >= 0.3 is 0 Å². The zero-order valence-corrected chi connectivity index (χ0v) is 16.4. The van der Waals surface area contributed by atoms with E-state index < -0.39 is 6.10 Å². The Kier molecular flexibility index (Phi) is 4.69. The summed E-state index contributed by atoms with van der Waals surface area (Å²) < 4.78 is 11.5. The first-order valence-electron chi connectivity index (χ1n) is 9.55. The molecule has 6 heteroatoms. The molecule has 2 aromatic heterocycles. The second-order valence-electron chi connectivity index (χ2n) is 6.97. The standard InChI is InChI=1S/C23H20N2O3S/c26-23(21-14-27-19-8-3-4-9-20(19)28-21)25-13-17(22-10-5-11-29-22)16-12-24-18-7-2-1-6-15(16)18/h1-12,17,21,24H,13-14H2,(H,25,26)/t17-,21-/m1/s1. The number of hydrogen-bond acceptors (Lipinski definition) is 4. The van der Waals surface area contributed by atoms with Crippen LogP contribution >= 0.6 is 11.3 Å². The summed E-state index contributed by atoms with van der Waals surface area (Å²) in [4.78, 5) is 17.3. The van der Waals surface area contributed by atoms with E-state index in [1.54, 1.807) is 11.3 Å². The molecule has 2 atom stereocenters. The molecule has 2 aromatic carbocycles. The van der Waals surface area contributed by atoms with E-state index in [2.05, 4.69) is 33.9 Å². The van der Waals surface area contributed by atoms with Crippen molar-refractivity contribution in [3.8, 4) is 11.5 Å². The number of aromatic nitrogens is 1. The van der Waals surface area contributed by atoms with Crippen LogP contribution < -0.4 is 14.8 Å². The van der Waals surface area contributed by atoms with E-state index in [0.717, 1.165) is 5.52 Å². The molecule has 1 aliphatic heterocycles. The first-order chi connectivity index (χ1) is 14.3. The maximum atomic E-state index is 12.8. The molecule has 146 valence electrons. The van der Waals surface area contributed by atoms with Crippen LogP contribution in [0.5, 0.6) is 11.5 Å². The fraction of sp³-hybridized carbons (Fsp3) is 0.174. The van der Waals surface area contributed by atoms with Gasteiger partial charge in [-0.25, -0.2) is 0 Å². The van der Waals surface area contributed by atoms with Crippen molar-refractivity contribution in [3.63, 3.8) is 0 Å². The van der Waals surface area contributed by atoms with Crippen molar-refractivity contribution < 1.29 is 14.3 Å². The maximum Gasteiger partial charge on any atom is 0.264 e. The quantitative estimate of drug-likeness (QED) is 0.521. The fourth-order valence-electron chi connectivity index (χ4n) is 3.70. The average molecular weight is 404 g/mol. The van der Waals surface area contributed by atoms with Crippen molar-refractivity contribution in [3.05, 3.63) is 82.7 Å². The van der Waals surface area contributed by atoms with Gasteiger partial charge in [0, 0.05) is 34.4 Å². The van der Waals surface area contributed by atoms with Gasteiger partial charge in [0.2, 0.25) is 6.10 Å². The zero-order chi connectivity index (χ0) is 19.6. The molecule has 0 radical (unpaired) electrons. The van der Waals surface area contributed by atoms with Gasteiger partial charge in [0.25, 0.3) is 5.91 Å². The number of amides is 1. The number of aromatic amines is 1. The van der Waals surface area contributed by atoms with Crippen LogP contribution in [-0.2, 0) is 4.79 Å². The molecule has 0 aliphatic carbocycles. The van der Waals surface area contributed by atoms with Crippen LogP contribution in [0.2, 0.25) is 0 Å². The minimum absolute atomic E-state index is 0.0619. The van der Waals surface area contributed by atoms with Crippen LogP contribution in [0.15, 0.2) is 72.2 Å². The van der Waals surface area contributed by atoms with E-state index >= 15 is 0 Å². The number of thiophene rings is 1. The highest BCUT2D eigenvalue weighted by atomic mass is 32.1. The highest BCUT2D eigenvalue weighted by molar-refractivity contribution is 7.10. The van der Waals surface area contributed by atoms with Gasteiger partial charge in [-0.3, -0.25) is 4.79 Å². The molecule has 29 heavy (non-hydrogen) atoms. The fourth-order valence-corrected chi connectivity index (χ4v) is 4.55. The molecule has 1 amide bonds. The number of nitrogens with one attached hydrogen (secondary N) is 2. The predicted molar refractivity (Wildman–Crippen MR) is 114 cm³/mol. The Morgan fingerprint density at radius 1 is 1.10 bits per heavy atom. The Labute approximate surface area is 172 Å². The van der Waals surface area contributed by atoms with Crippen molar-refractivity contribution >= 4 is 28.1 Å². The first-order valence-corrected chi connectivity index (χ1v) is 10.4. The van der Waals surface area contributed by atoms with Crippen LogP contribution in [0, 0.1) is 0 Å². The van der Waals surface area contributed by atoms with E-state index in [4.69, 9.17) is 9.47 Å². The lowest BCUT2D eigenvalue weighted by atomic mass is 9.96. The van der Waals surface area contributed by atoms with E-state index in [1.165, 1.54) is 15.8 Å². The highest BCUT2D eigenvalue weighted by Crippen LogP contribution is 2.33. The Morgan fingerprint density at radius 2 is 1.93 bits per heavy atom. The molecular weight excluding hydrogens is 384 g/mol. The maximum absolute atomic E-state index is 12.8. The van der Waals surface area contributed by atoms with Crippen molar-refractivity contribution in [2.75, 3.05) is 13.2 Å². The van der Waals surface area contributed by atoms with Gasteiger partial charge in [-0.1, -0.05) is 36.4 Å². The summed E-state index contributed by atoms with van der Waals surface area (Å²) in [7, 11) is 0. The Morgan fingerprint density at radius 3 is 2.79 bits per heavy atom. The number of ether oxygens (including phenoxy) is 2. The molecule has 5 rings (SSSR count). The summed E-state index contributed by atoms with van der Waals surface area (Å²) in [5, 5.41) is 6.31. The zero-order valence-electron chi connectivity index (χ0n) is 15.6.